The second-order valence-corrected chi connectivity index (χ2v) is 5.73. The summed E-state index contributed by atoms with van der Waals surface area (Å²) in [7, 11) is 0. The summed E-state index contributed by atoms with van der Waals surface area (Å²) in [5.74, 6) is -0.974. The maximum absolute atomic E-state index is 11.8. The number of rotatable bonds is 5. The van der Waals surface area contributed by atoms with Crippen molar-refractivity contribution in [1.82, 2.24) is 10.6 Å². The largest absolute Gasteiger partial charge is 0.480 e. The van der Waals surface area contributed by atoms with E-state index in [0.29, 0.717) is 6.42 Å². The number of nitrogens with one attached hydrogen (secondary N) is 2. The normalized spacial score (nSPS) is 23.4. The molecule has 1 aliphatic rings. The average Bonchev–Trinajstić information content (AvgIpc) is 2.57. The Morgan fingerprint density at radius 1 is 1.44 bits per heavy atom. The van der Waals surface area contributed by atoms with E-state index in [1.54, 1.807) is 0 Å². The molecule has 1 fully saturated rings. The van der Waals surface area contributed by atoms with Gasteiger partial charge in [0.25, 0.3) is 0 Å². The zero-order valence-electron chi connectivity index (χ0n) is 11.5. The molecule has 0 aromatic rings. The highest BCUT2D eigenvalue weighted by molar-refractivity contribution is 5.82. The van der Waals surface area contributed by atoms with Crippen LogP contribution in [-0.2, 0) is 4.79 Å². The molecule has 1 unspecified atom stereocenters. The van der Waals surface area contributed by atoms with Crippen molar-refractivity contribution in [3.05, 3.63) is 0 Å². The van der Waals surface area contributed by atoms with Crippen molar-refractivity contribution < 1.29 is 14.7 Å². The third-order valence-electron chi connectivity index (χ3n) is 3.74. The third kappa shape index (κ3) is 3.89. The molecule has 1 saturated carbocycles. The van der Waals surface area contributed by atoms with E-state index in [1.807, 2.05) is 6.92 Å². The second-order valence-electron chi connectivity index (χ2n) is 5.73. The summed E-state index contributed by atoms with van der Waals surface area (Å²) in [4.78, 5) is 22.7. The number of hydrogen-bond donors (Lipinski definition) is 3. The van der Waals surface area contributed by atoms with Crippen LogP contribution in [0.2, 0.25) is 0 Å². The van der Waals surface area contributed by atoms with Gasteiger partial charge in [-0.15, -0.1) is 0 Å². The van der Waals surface area contributed by atoms with Crippen LogP contribution in [-0.4, -0.2) is 29.2 Å². The molecule has 1 aliphatic carbocycles. The van der Waals surface area contributed by atoms with Gasteiger partial charge >= 0.3 is 12.0 Å². The van der Waals surface area contributed by atoms with Crippen LogP contribution in [0.25, 0.3) is 0 Å². The smallest absolute Gasteiger partial charge is 0.326 e. The molecule has 104 valence electrons. The molecule has 5 heteroatoms. The first-order valence-electron chi connectivity index (χ1n) is 6.66. The van der Waals surface area contributed by atoms with Gasteiger partial charge in [-0.2, -0.15) is 0 Å². The van der Waals surface area contributed by atoms with Gasteiger partial charge in [0.2, 0.25) is 0 Å². The van der Waals surface area contributed by atoms with Crippen LogP contribution >= 0.6 is 0 Å². The van der Waals surface area contributed by atoms with Crippen molar-refractivity contribution in [3.8, 4) is 0 Å². The fourth-order valence-electron chi connectivity index (χ4n) is 2.50. The Bertz CT molecular complexity index is 315. The summed E-state index contributed by atoms with van der Waals surface area (Å²) in [5, 5.41) is 14.4. The molecular formula is C13H24N2O3. The minimum Gasteiger partial charge on any atom is -0.480 e. The van der Waals surface area contributed by atoms with Gasteiger partial charge in [-0.25, -0.2) is 9.59 Å². The van der Waals surface area contributed by atoms with Crippen molar-refractivity contribution in [2.24, 2.45) is 5.41 Å². The number of carboxylic acids is 1. The lowest BCUT2D eigenvalue weighted by molar-refractivity contribution is -0.139. The van der Waals surface area contributed by atoms with Crippen molar-refractivity contribution in [1.29, 1.82) is 0 Å². The van der Waals surface area contributed by atoms with Gasteiger partial charge in [-0.3, -0.25) is 0 Å². The SMILES string of the molecule is CCC[C@@H](NC(=O)NC1CCCC1(C)C)C(=O)O. The molecule has 3 N–H and O–H groups in total. The van der Waals surface area contributed by atoms with E-state index in [-0.39, 0.29) is 17.5 Å². The quantitative estimate of drug-likeness (QED) is 0.705. The maximum Gasteiger partial charge on any atom is 0.326 e. The molecule has 2 amide bonds. The van der Waals surface area contributed by atoms with E-state index >= 15 is 0 Å². The Balaban J connectivity index is 2.47. The molecule has 0 heterocycles. The third-order valence-corrected chi connectivity index (χ3v) is 3.74. The minimum atomic E-state index is -0.974. The van der Waals surface area contributed by atoms with Gasteiger partial charge in [-0.05, 0) is 24.7 Å². The summed E-state index contributed by atoms with van der Waals surface area (Å²) in [6.45, 7) is 6.16. The van der Waals surface area contributed by atoms with Crippen molar-refractivity contribution in [3.63, 3.8) is 0 Å². The van der Waals surface area contributed by atoms with Crippen molar-refractivity contribution in [2.45, 2.75) is 65.0 Å². The Kier molecular flexibility index (Phi) is 4.99. The monoisotopic (exact) mass is 256 g/mol. The number of carbonyl (C=O) groups excluding carboxylic acids is 1. The van der Waals surface area contributed by atoms with E-state index in [4.69, 9.17) is 5.11 Å². The first kappa shape index (κ1) is 14.8. The van der Waals surface area contributed by atoms with Gasteiger partial charge in [0.15, 0.2) is 0 Å². The maximum atomic E-state index is 11.8. The van der Waals surface area contributed by atoms with Crippen LogP contribution in [0.3, 0.4) is 0 Å². The molecule has 0 radical (unpaired) electrons. The fourth-order valence-corrected chi connectivity index (χ4v) is 2.50. The summed E-state index contributed by atoms with van der Waals surface area (Å²) in [5.41, 5.74) is 0.0980. The van der Waals surface area contributed by atoms with Gasteiger partial charge in [0.05, 0.1) is 0 Å². The van der Waals surface area contributed by atoms with E-state index in [9.17, 15) is 9.59 Å². The molecule has 0 saturated heterocycles. The lowest BCUT2D eigenvalue weighted by Crippen LogP contribution is -2.51. The molecule has 0 aliphatic heterocycles. The zero-order chi connectivity index (χ0) is 13.8. The van der Waals surface area contributed by atoms with E-state index in [2.05, 4.69) is 24.5 Å². The van der Waals surface area contributed by atoms with Crippen molar-refractivity contribution >= 4 is 12.0 Å². The summed E-state index contributed by atoms with van der Waals surface area (Å²) in [6.07, 6.45) is 4.35. The Labute approximate surface area is 108 Å². The molecule has 18 heavy (non-hydrogen) atoms. The average molecular weight is 256 g/mol. The topological polar surface area (TPSA) is 78.4 Å². The van der Waals surface area contributed by atoms with E-state index in [0.717, 1.165) is 25.7 Å². The molecular weight excluding hydrogens is 232 g/mol. The lowest BCUT2D eigenvalue weighted by Gasteiger charge is -2.28. The summed E-state index contributed by atoms with van der Waals surface area (Å²) < 4.78 is 0. The molecule has 1 rings (SSSR count). The first-order valence-corrected chi connectivity index (χ1v) is 6.66. The molecule has 0 aromatic carbocycles. The molecule has 5 nitrogen and oxygen atoms in total. The van der Waals surface area contributed by atoms with Crippen LogP contribution in [0.15, 0.2) is 0 Å². The lowest BCUT2D eigenvalue weighted by atomic mass is 9.87. The van der Waals surface area contributed by atoms with Crippen LogP contribution in [0.5, 0.6) is 0 Å². The molecule has 0 aromatic heterocycles. The Hall–Kier alpha value is -1.26. The Morgan fingerprint density at radius 3 is 2.56 bits per heavy atom. The highest BCUT2D eigenvalue weighted by Crippen LogP contribution is 2.37. The summed E-state index contributed by atoms with van der Waals surface area (Å²) >= 11 is 0. The number of aliphatic carboxylic acids is 1. The fraction of sp³-hybridized carbons (Fsp3) is 0.846. The zero-order valence-corrected chi connectivity index (χ0v) is 11.5. The number of urea groups is 1. The number of hydrogen-bond acceptors (Lipinski definition) is 2. The minimum absolute atomic E-state index is 0.0980. The van der Waals surface area contributed by atoms with Gasteiger partial charge in [-0.1, -0.05) is 33.6 Å². The molecule has 2 atom stereocenters. The number of carboxylic acid groups (broad SMARTS) is 1. The highest BCUT2D eigenvalue weighted by Gasteiger charge is 2.35. The Morgan fingerprint density at radius 2 is 2.11 bits per heavy atom. The molecule has 0 bridgehead atoms. The van der Waals surface area contributed by atoms with Crippen LogP contribution in [0, 0.1) is 5.41 Å². The van der Waals surface area contributed by atoms with Crippen molar-refractivity contribution in [2.75, 3.05) is 0 Å². The molecule has 0 spiro atoms. The van der Waals surface area contributed by atoms with Gasteiger partial charge < -0.3 is 15.7 Å². The summed E-state index contributed by atoms with van der Waals surface area (Å²) in [6, 6.07) is -1.02. The standard InChI is InChI=1S/C13H24N2O3/c1-4-6-9(11(16)17)14-12(18)15-10-7-5-8-13(10,2)3/h9-10H,4-8H2,1-3H3,(H,16,17)(H2,14,15,18)/t9-,10?/m1/s1. The first-order chi connectivity index (χ1) is 8.36. The number of amides is 2. The van der Waals surface area contributed by atoms with E-state index in [1.165, 1.54) is 0 Å². The van der Waals surface area contributed by atoms with Gasteiger partial charge in [0, 0.05) is 6.04 Å². The van der Waals surface area contributed by atoms with Crippen LogP contribution in [0.1, 0.15) is 52.9 Å². The second kappa shape index (κ2) is 6.07. The predicted octanol–water partition coefficient (Wildman–Crippen LogP) is 2.12. The number of carbonyl (C=O) groups is 2. The van der Waals surface area contributed by atoms with Crippen LogP contribution < -0.4 is 10.6 Å². The predicted molar refractivity (Wildman–Crippen MR) is 69.4 cm³/mol. The van der Waals surface area contributed by atoms with E-state index < -0.39 is 12.0 Å². The highest BCUT2D eigenvalue weighted by atomic mass is 16.4. The van der Waals surface area contributed by atoms with Gasteiger partial charge in [0.1, 0.15) is 6.04 Å². The van der Waals surface area contributed by atoms with Crippen LogP contribution in [0.4, 0.5) is 4.79 Å².